The van der Waals surface area contributed by atoms with Gasteiger partial charge in [0.1, 0.15) is 36.4 Å². The molecule has 0 aromatic heterocycles. The van der Waals surface area contributed by atoms with Crippen LogP contribution in [0.4, 0.5) is 9.59 Å². The topological polar surface area (TPSA) is 417 Å². The summed E-state index contributed by atoms with van der Waals surface area (Å²) >= 11 is 0. The van der Waals surface area contributed by atoms with Crippen LogP contribution in [0.25, 0.3) is 0 Å². The third-order valence-electron chi connectivity index (χ3n) is 22.1. The molecule has 14 N–H and O–H groups in total. The summed E-state index contributed by atoms with van der Waals surface area (Å²) in [7, 11) is -4.06. The van der Waals surface area contributed by atoms with Crippen LogP contribution in [0.1, 0.15) is 176 Å². The van der Waals surface area contributed by atoms with E-state index in [1.54, 1.807) is 0 Å². The molecule has 96 heavy (non-hydrogen) atoms. The van der Waals surface area contributed by atoms with Crippen molar-refractivity contribution in [3.63, 3.8) is 0 Å². The van der Waals surface area contributed by atoms with Gasteiger partial charge >= 0.3 is 12.1 Å². The van der Waals surface area contributed by atoms with E-state index in [1.807, 2.05) is 96.9 Å². The van der Waals surface area contributed by atoms with Gasteiger partial charge in [0.25, 0.3) is 20.4 Å². The van der Waals surface area contributed by atoms with Gasteiger partial charge in [-0.05, 0) is 92.7 Å². The van der Waals surface area contributed by atoms with Crippen LogP contribution in [0.15, 0.2) is 0 Å². The molecule has 0 bridgehead atoms. The minimum absolute atomic E-state index is 0.0211. The van der Waals surface area contributed by atoms with Gasteiger partial charge < -0.3 is 64.2 Å². The molecule has 4 aliphatic heterocycles. The zero-order valence-electron chi connectivity index (χ0n) is 61.2. The lowest BCUT2D eigenvalue weighted by Gasteiger charge is -2.38. The van der Waals surface area contributed by atoms with Crippen molar-refractivity contribution < 1.29 is 65.4 Å². The number of urea groups is 2. The van der Waals surface area contributed by atoms with Crippen molar-refractivity contribution in [2.24, 2.45) is 103 Å². The molecule has 8 aliphatic rings. The van der Waals surface area contributed by atoms with Crippen molar-refractivity contribution in [3.05, 3.63) is 0 Å². The molecule has 0 spiro atoms. The number of aliphatic hydroxyl groups excluding tert-OH is 2. The average Bonchev–Trinajstić information content (AvgIpc) is 1.53. The van der Waals surface area contributed by atoms with Crippen molar-refractivity contribution in [3.8, 4) is 0 Å². The van der Waals surface area contributed by atoms with Crippen LogP contribution in [0.2, 0.25) is 0 Å². The first-order valence-electron chi connectivity index (χ1n) is 34.3. The smallest absolute Gasteiger partial charge is 0.315 e. The summed E-state index contributed by atoms with van der Waals surface area (Å²) in [4.78, 5) is 103. The number of nitrogens with zero attached hydrogens (tertiary/aromatic N) is 6. The molecule has 552 valence electrons. The van der Waals surface area contributed by atoms with Crippen molar-refractivity contribution in [1.82, 2.24) is 48.3 Å². The summed E-state index contributed by atoms with van der Waals surface area (Å²) in [6, 6.07) is -5.31. The molecule has 30 heteroatoms. The first-order chi connectivity index (χ1) is 43.6. The average molecular weight is 1400 g/mol. The number of hydrogen-bond acceptors (Lipinski definition) is 14. The summed E-state index contributed by atoms with van der Waals surface area (Å²) < 4.78 is 55.6. The summed E-state index contributed by atoms with van der Waals surface area (Å²) in [5, 5.41) is 30.1. The predicted molar refractivity (Wildman–Crippen MR) is 366 cm³/mol. The van der Waals surface area contributed by atoms with Gasteiger partial charge in [-0.25, -0.2) is 9.59 Å². The zero-order valence-corrected chi connectivity index (χ0v) is 62.8. The van der Waals surface area contributed by atoms with E-state index in [0.29, 0.717) is 51.1 Å². The number of nitrogens with two attached hydrogens (primary N) is 4. The van der Waals surface area contributed by atoms with Gasteiger partial charge in [-0.1, -0.05) is 163 Å². The van der Waals surface area contributed by atoms with Gasteiger partial charge in [0, 0.05) is 78.5 Å². The summed E-state index contributed by atoms with van der Waals surface area (Å²) in [6.07, 6.45) is 7.54. The monoisotopic (exact) mass is 1400 g/mol. The maximum Gasteiger partial charge on any atom is 0.315 e. The van der Waals surface area contributed by atoms with E-state index in [1.165, 1.54) is 79.6 Å². The Labute approximate surface area is 572 Å². The van der Waals surface area contributed by atoms with E-state index in [-0.39, 0.29) is 71.2 Å². The first-order valence-corrected chi connectivity index (χ1v) is 37.1. The van der Waals surface area contributed by atoms with Crippen LogP contribution in [-0.4, -0.2) is 216 Å². The Hall–Kier alpha value is -4.98. The molecule has 0 aromatic carbocycles. The van der Waals surface area contributed by atoms with Crippen molar-refractivity contribution in [2.45, 2.75) is 224 Å². The minimum atomic E-state index is -3.56. The van der Waals surface area contributed by atoms with Gasteiger partial charge in [0.2, 0.25) is 35.4 Å². The van der Waals surface area contributed by atoms with Gasteiger partial charge in [0.05, 0.1) is 0 Å². The van der Waals surface area contributed by atoms with Crippen LogP contribution in [0, 0.1) is 79.8 Å². The second-order valence-electron chi connectivity index (χ2n) is 34.3. The fourth-order valence-corrected chi connectivity index (χ4v) is 17.2. The molecular weight excluding hydrogens is 1280 g/mol. The maximum absolute atomic E-state index is 13.7. The number of piperidine rings is 2. The largest absolute Gasteiger partial charge is 0.383 e. The Bertz CT molecular complexity index is 2840. The van der Waals surface area contributed by atoms with Crippen LogP contribution in [-0.2, 0) is 49.2 Å². The molecule has 8 rings (SSSR count). The molecule has 3 unspecified atom stereocenters. The number of rotatable bonds is 20. The number of carbonyl (C=O) groups excluding carboxylic acids is 8. The van der Waals surface area contributed by atoms with E-state index in [0.717, 1.165) is 12.8 Å². The van der Waals surface area contributed by atoms with Crippen LogP contribution < -0.4 is 44.2 Å². The second-order valence-corrected chi connectivity index (χ2v) is 38.4. The molecule has 4 saturated heterocycles. The maximum atomic E-state index is 13.7. The standard InChI is InChI=1S/2C24H44N6O5S.2C9H17NO2/c2*1-22(2,3)15(13-29-11-10-28(9)36(29,34)35)26-21(33)27-18(23(4,5)6)20(32)30-12-14-16(24(14,7)8)17(30)19(25)31;2*1-6(8(11)9(10)12)5-7-3-2-4-7/h2*14-18H,10-13H2,1-9H3,(H2,25,31)(H2,26,27,33);2*6-8,11H,2-5H2,1H3,(H2,10,12)/t2*14-,15+,16-,17-,18+;6-,8?;/m001./s1. The third-order valence-corrected chi connectivity index (χ3v) is 26.0. The molecule has 0 aromatic rings. The fraction of sp³-hybridized carbons (Fsp3) is 0.879. The molecular formula is C66H122N14O14S2. The molecule has 0 radical (unpaired) electrons. The Kier molecular flexibility index (Phi) is 25.9. The van der Waals surface area contributed by atoms with Gasteiger partial charge in [0.15, 0.2) is 0 Å². The summed E-state index contributed by atoms with van der Waals surface area (Å²) in [6.45, 7) is 37.3. The van der Waals surface area contributed by atoms with Crippen molar-refractivity contribution in [2.75, 3.05) is 66.5 Å². The third kappa shape index (κ3) is 19.3. The predicted octanol–water partition coefficient (Wildman–Crippen LogP) is 2.47. The van der Waals surface area contributed by atoms with E-state index < -0.39 is 126 Å². The number of amides is 10. The number of likely N-dealkylation sites (tertiary alicyclic amines) is 2. The summed E-state index contributed by atoms with van der Waals surface area (Å²) in [5.41, 5.74) is 19.1. The zero-order chi connectivity index (χ0) is 73.5. The van der Waals surface area contributed by atoms with Crippen LogP contribution in [0.3, 0.4) is 0 Å². The molecule has 10 amide bonds. The lowest BCUT2D eigenvalue weighted by Crippen LogP contribution is -2.62. The highest BCUT2D eigenvalue weighted by Gasteiger charge is 2.71. The van der Waals surface area contributed by atoms with Crippen LogP contribution in [0.5, 0.6) is 0 Å². The Balaban J connectivity index is 0.000000259. The SMILES string of the molecule is CC(CC1CCC1)C(O)C(N)=O.CN1CCN(C[C@@H](NC(=O)N[C@H](C(=O)N2C[C@H]3[C@@H]([C@H]2C(N)=O)C3(C)C)C(C)(C)C)C(C)(C)C)S1(=O)=O.CN1CCN(C[C@@H](NC(=O)N[C@H](C(=O)N2C[C@H]3[C@@H]([C@H]2C(N)=O)C3(C)C)C(C)(C)C)C(C)(C)C)S1(=O)=O.C[C@H](CC1CCC1)C(O)C(N)=O. The Morgan fingerprint density at radius 1 is 0.490 bits per heavy atom. The first kappa shape index (κ1) is 81.7. The number of aliphatic hydroxyl groups is 2. The Morgan fingerprint density at radius 3 is 0.990 bits per heavy atom. The molecule has 4 aliphatic carbocycles. The van der Waals surface area contributed by atoms with E-state index in [9.17, 15) is 65.4 Å². The van der Waals surface area contributed by atoms with E-state index >= 15 is 0 Å². The van der Waals surface area contributed by atoms with Gasteiger partial charge in [-0.2, -0.15) is 34.1 Å². The highest BCUT2D eigenvalue weighted by atomic mass is 32.2. The number of primary amides is 4. The number of carbonyl (C=O) groups is 8. The summed E-state index contributed by atoms with van der Waals surface area (Å²) in [5.74, 6) is -0.962. The molecule has 28 nitrogen and oxygen atoms in total. The Morgan fingerprint density at radius 2 is 0.781 bits per heavy atom. The minimum Gasteiger partial charge on any atom is -0.383 e. The number of fused-ring (bicyclic) bond motifs is 2. The molecule has 8 fully saturated rings. The second kappa shape index (κ2) is 30.5. The van der Waals surface area contributed by atoms with E-state index in [2.05, 4.69) is 49.0 Å². The number of likely N-dealkylation sites (N-methyl/N-ethyl adjacent to an activating group) is 2. The van der Waals surface area contributed by atoms with Crippen molar-refractivity contribution in [1.29, 1.82) is 0 Å². The molecule has 14 atom stereocenters. The van der Waals surface area contributed by atoms with Gasteiger partial charge in [-0.15, -0.1) is 0 Å². The lowest BCUT2D eigenvalue weighted by atomic mass is 9.78. The van der Waals surface area contributed by atoms with Crippen molar-refractivity contribution >= 4 is 67.9 Å². The fourth-order valence-electron chi connectivity index (χ4n) is 14.5. The quantitative estimate of drug-likeness (QED) is 0.0838. The molecule has 4 saturated carbocycles. The normalized spacial score (nSPS) is 27.7. The van der Waals surface area contributed by atoms with Crippen LogP contribution >= 0.6 is 0 Å². The number of nitrogens with one attached hydrogen (secondary N) is 4. The highest BCUT2D eigenvalue weighted by molar-refractivity contribution is 7.87. The molecule has 4 heterocycles. The van der Waals surface area contributed by atoms with E-state index in [4.69, 9.17) is 22.9 Å². The lowest BCUT2D eigenvalue weighted by molar-refractivity contribution is -0.142. The highest BCUT2D eigenvalue weighted by Crippen LogP contribution is 2.66. The van der Waals surface area contributed by atoms with Gasteiger partial charge in [-0.3, -0.25) is 28.8 Å². The number of hydrogen-bond donors (Lipinski definition) is 10.